The Bertz CT molecular complexity index is 975. The maximum atomic E-state index is 14.0. The van der Waals surface area contributed by atoms with Gasteiger partial charge < -0.3 is 4.74 Å². The standard InChI is InChI=1S/C24H30N2O5/c1-8-11-25-19(27)13-17(20(25)28)24(14(2)3)16-12-15(4)9-10-18(16)26(21(24)29)22(30)31-23(5,6)7/h8-10,12,14,17H,1,11,13H2,2-7H3/t17-,24?/m1/s1. The molecule has 1 aromatic rings. The highest BCUT2D eigenvalue weighted by Crippen LogP contribution is 2.54. The van der Waals surface area contributed by atoms with Crippen LogP contribution in [-0.4, -0.2) is 40.9 Å². The van der Waals surface area contributed by atoms with Crippen LogP contribution in [0.5, 0.6) is 0 Å². The second-order valence-electron chi connectivity index (χ2n) is 9.55. The first-order chi connectivity index (χ1) is 14.4. The summed E-state index contributed by atoms with van der Waals surface area (Å²) in [6.07, 6.45) is 0.610. The lowest BCUT2D eigenvalue weighted by Gasteiger charge is -2.36. The first-order valence-corrected chi connectivity index (χ1v) is 10.5. The van der Waals surface area contributed by atoms with Gasteiger partial charge in [0.25, 0.3) is 0 Å². The van der Waals surface area contributed by atoms with E-state index in [1.807, 2.05) is 32.9 Å². The molecule has 2 aliphatic rings. The third kappa shape index (κ3) is 3.46. The molecule has 7 nitrogen and oxygen atoms in total. The molecule has 2 heterocycles. The van der Waals surface area contributed by atoms with Gasteiger partial charge in [0.1, 0.15) is 5.60 Å². The van der Waals surface area contributed by atoms with Gasteiger partial charge in [-0.25, -0.2) is 9.69 Å². The molecule has 3 rings (SSSR count). The molecule has 0 saturated carbocycles. The van der Waals surface area contributed by atoms with Gasteiger partial charge in [0.2, 0.25) is 17.7 Å². The van der Waals surface area contributed by atoms with Crippen LogP contribution >= 0.6 is 0 Å². The highest BCUT2D eigenvalue weighted by molar-refractivity contribution is 6.23. The van der Waals surface area contributed by atoms with Gasteiger partial charge in [-0.2, -0.15) is 0 Å². The van der Waals surface area contributed by atoms with Crippen LogP contribution in [0.2, 0.25) is 0 Å². The summed E-state index contributed by atoms with van der Waals surface area (Å²) in [6.45, 7) is 14.5. The Balaban J connectivity index is 2.22. The van der Waals surface area contributed by atoms with Crippen LogP contribution < -0.4 is 4.90 Å². The largest absolute Gasteiger partial charge is 0.443 e. The number of benzene rings is 1. The highest BCUT2D eigenvalue weighted by Gasteiger charge is 2.64. The lowest BCUT2D eigenvalue weighted by atomic mass is 9.63. The molecule has 0 radical (unpaired) electrons. The lowest BCUT2D eigenvalue weighted by Crippen LogP contribution is -2.53. The first-order valence-electron chi connectivity index (χ1n) is 10.5. The van der Waals surface area contributed by atoms with E-state index >= 15 is 0 Å². The van der Waals surface area contributed by atoms with E-state index in [0.29, 0.717) is 11.3 Å². The van der Waals surface area contributed by atoms with Crippen LogP contribution in [0.4, 0.5) is 10.5 Å². The van der Waals surface area contributed by atoms with E-state index in [0.717, 1.165) is 15.4 Å². The first kappa shape index (κ1) is 22.7. The molecule has 1 fully saturated rings. The quantitative estimate of drug-likeness (QED) is 0.541. The molecule has 4 amide bonds. The normalized spacial score (nSPS) is 23.6. The molecule has 0 spiro atoms. The van der Waals surface area contributed by atoms with Gasteiger partial charge in [-0.15, -0.1) is 6.58 Å². The topological polar surface area (TPSA) is 84.0 Å². The Labute approximate surface area is 183 Å². The van der Waals surface area contributed by atoms with Crippen molar-refractivity contribution in [2.75, 3.05) is 11.4 Å². The molecular formula is C24H30N2O5. The molecule has 0 N–H and O–H groups in total. The van der Waals surface area contributed by atoms with Crippen molar-refractivity contribution >= 4 is 29.5 Å². The van der Waals surface area contributed by atoms with E-state index in [1.54, 1.807) is 26.8 Å². The molecule has 31 heavy (non-hydrogen) atoms. The van der Waals surface area contributed by atoms with Crippen molar-refractivity contribution in [3.05, 3.63) is 42.0 Å². The summed E-state index contributed by atoms with van der Waals surface area (Å²) in [5.41, 5.74) is -0.264. The molecule has 2 atom stereocenters. The van der Waals surface area contributed by atoms with Gasteiger partial charge in [-0.3, -0.25) is 19.3 Å². The highest BCUT2D eigenvalue weighted by atomic mass is 16.6. The molecule has 0 bridgehead atoms. The fourth-order valence-corrected chi connectivity index (χ4v) is 4.73. The third-order valence-electron chi connectivity index (χ3n) is 5.99. The summed E-state index contributed by atoms with van der Waals surface area (Å²) in [7, 11) is 0. The number of nitrogens with zero attached hydrogens (tertiary/aromatic N) is 2. The Morgan fingerprint density at radius 3 is 2.48 bits per heavy atom. The smallest absolute Gasteiger partial charge is 0.421 e. The molecule has 2 aliphatic heterocycles. The van der Waals surface area contributed by atoms with E-state index in [2.05, 4.69) is 6.58 Å². The predicted molar refractivity (Wildman–Crippen MR) is 116 cm³/mol. The number of aryl methyl sites for hydroxylation is 1. The minimum Gasteiger partial charge on any atom is -0.443 e. The molecule has 7 heteroatoms. The van der Waals surface area contributed by atoms with Gasteiger partial charge in [-0.1, -0.05) is 37.6 Å². The maximum Gasteiger partial charge on any atom is 0.421 e. The number of imide groups is 2. The average molecular weight is 427 g/mol. The number of carbonyl (C=O) groups is 4. The maximum absolute atomic E-state index is 14.0. The van der Waals surface area contributed by atoms with Gasteiger partial charge >= 0.3 is 6.09 Å². The summed E-state index contributed by atoms with van der Waals surface area (Å²) < 4.78 is 5.51. The number of hydrogen-bond acceptors (Lipinski definition) is 5. The minimum atomic E-state index is -1.35. The zero-order valence-electron chi connectivity index (χ0n) is 19.0. The van der Waals surface area contributed by atoms with Crippen molar-refractivity contribution in [3.8, 4) is 0 Å². The summed E-state index contributed by atoms with van der Waals surface area (Å²) in [6, 6.07) is 5.36. The number of likely N-dealkylation sites (tertiary alicyclic amines) is 1. The predicted octanol–water partition coefficient (Wildman–Crippen LogP) is 3.73. The van der Waals surface area contributed by atoms with Crippen LogP contribution in [0, 0.1) is 18.8 Å². The second kappa shape index (κ2) is 7.62. The van der Waals surface area contributed by atoms with E-state index in [4.69, 9.17) is 4.74 Å². The fraction of sp³-hybridized carbons (Fsp3) is 0.500. The van der Waals surface area contributed by atoms with Crippen LogP contribution in [0.25, 0.3) is 0 Å². The number of ether oxygens (including phenoxy) is 1. The van der Waals surface area contributed by atoms with E-state index < -0.39 is 34.8 Å². The van der Waals surface area contributed by atoms with Crippen LogP contribution in [-0.2, 0) is 24.5 Å². The molecule has 0 aromatic heterocycles. The Kier molecular flexibility index (Phi) is 5.59. The number of rotatable bonds is 4. The summed E-state index contributed by atoms with van der Waals surface area (Å²) in [4.78, 5) is 55.2. The number of hydrogen-bond donors (Lipinski definition) is 0. The molecule has 166 valence electrons. The van der Waals surface area contributed by atoms with E-state index in [1.165, 1.54) is 6.08 Å². The van der Waals surface area contributed by atoms with Gasteiger partial charge in [0.15, 0.2) is 0 Å². The van der Waals surface area contributed by atoms with E-state index in [-0.39, 0.29) is 24.8 Å². The zero-order chi connectivity index (χ0) is 23.3. The number of anilines is 1. The summed E-state index contributed by atoms with van der Waals surface area (Å²) >= 11 is 0. The molecule has 1 saturated heterocycles. The van der Waals surface area contributed by atoms with Crippen molar-refractivity contribution in [1.82, 2.24) is 4.90 Å². The Morgan fingerprint density at radius 2 is 1.94 bits per heavy atom. The van der Waals surface area contributed by atoms with Crippen molar-refractivity contribution in [3.63, 3.8) is 0 Å². The fourth-order valence-electron chi connectivity index (χ4n) is 4.73. The number of carbonyl (C=O) groups excluding carboxylic acids is 4. The zero-order valence-corrected chi connectivity index (χ0v) is 19.0. The SMILES string of the molecule is C=CCN1C(=O)C[C@@H](C2(C(C)C)C(=O)N(C(=O)OC(C)(C)C)c3ccc(C)cc32)C1=O. The lowest BCUT2D eigenvalue weighted by molar-refractivity contribution is -0.142. The van der Waals surface area contributed by atoms with Crippen LogP contribution in [0.3, 0.4) is 0 Å². The molecule has 0 aliphatic carbocycles. The van der Waals surface area contributed by atoms with Crippen molar-refractivity contribution in [2.24, 2.45) is 11.8 Å². The monoisotopic (exact) mass is 426 g/mol. The van der Waals surface area contributed by atoms with E-state index in [9.17, 15) is 19.2 Å². The average Bonchev–Trinajstić information content (AvgIpc) is 3.06. The summed E-state index contributed by atoms with van der Waals surface area (Å²) in [5, 5.41) is 0. The second-order valence-corrected chi connectivity index (χ2v) is 9.55. The van der Waals surface area contributed by atoms with Crippen molar-refractivity contribution in [1.29, 1.82) is 0 Å². The summed E-state index contributed by atoms with van der Waals surface area (Å²) in [5.74, 6) is -2.53. The van der Waals surface area contributed by atoms with Crippen LogP contribution in [0.1, 0.15) is 52.2 Å². The van der Waals surface area contributed by atoms with Gasteiger partial charge in [0, 0.05) is 13.0 Å². The Hall–Kier alpha value is -2.96. The number of amides is 4. The van der Waals surface area contributed by atoms with Gasteiger partial charge in [0.05, 0.1) is 17.0 Å². The number of fused-ring (bicyclic) bond motifs is 1. The van der Waals surface area contributed by atoms with Gasteiger partial charge in [-0.05, 0) is 45.2 Å². The molecule has 1 unspecified atom stereocenters. The van der Waals surface area contributed by atoms with Crippen molar-refractivity contribution in [2.45, 2.75) is 59.0 Å². The third-order valence-corrected chi connectivity index (χ3v) is 5.99. The van der Waals surface area contributed by atoms with Crippen LogP contribution in [0.15, 0.2) is 30.9 Å². The Morgan fingerprint density at radius 1 is 1.29 bits per heavy atom. The van der Waals surface area contributed by atoms with Crippen molar-refractivity contribution < 1.29 is 23.9 Å². The minimum absolute atomic E-state index is 0.0903. The molecular weight excluding hydrogens is 396 g/mol. The molecule has 1 aromatic carbocycles.